The maximum atomic E-state index is 12.5. The first kappa shape index (κ1) is 13.9. The largest absolute Gasteiger partial charge is 0.396 e. The monoisotopic (exact) mass is 265 g/mol. The smallest absolute Gasteiger partial charge is 0.274 e. The summed E-state index contributed by atoms with van der Waals surface area (Å²) in [6.07, 6.45) is 1.56. The van der Waals surface area contributed by atoms with Gasteiger partial charge in [0, 0.05) is 38.8 Å². The van der Waals surface area contributed by atoms with Crippen molar-refractivity contribution in [3.05, 3.63) is 11.9 Å². The molecule has 1 amide bonds. The summed E-state index contributed by atoms with van der Waals surface area (Å²) in [5, 5.41) is 4.13. The number of hydrogen-bond acceptors (Lipinski definition) is 4. The summed E-state index contributed by atoms with van der Waals surface area (Å²) in [4.78, 5) is 16.8. The predicted molar refractivity (Wildman–Crippen MR) is 74.9 cm³/mol. The van der Waals surface area contributed by atoms with Gasteiger partial charge in [-0.2, -0.15) is 5.10 Å². The van der Waals surface area contributed by atoms with Crippen molar-refractivity contribution in [2.24, 2.45) is 0 Å². The lowest BCUT2D eigenvalue weighted by molar-refractivity contribution is 0.0585. The van der Waals surface area contributed by atoms with Crippen molar-refractivity contribution >= 4 is 11.6 Å². The van der Waals surface area contributed by atoms with E-state index in [1.807, 2.05) is 11.8 Å². The Morgan fingerprint density at radius 3 is 2.53 bits per heavy atom. The molecule has 19 heavy (non-hydrogen) atoms. The SMILES string of the molecule is CCn1ncc(N)c1C(=O)N1CCN(C(C)C)CC1. The third-order valence-electron chi connectivity index (χ3n) is 3.70. The second-order valence-corrected chi connectivity index (χ2v) is 5.19. The normalized spacial score (nSPS) is 17.2. The van der Waals surface area contributed by atoms with Gasteiger partial charge in [-0.15, -0.1) is 0 Å². The molecule has 2 N–H and O–H groups in total. The Morgan fingerprint density at radius 1 is 1.37 bits per heavy atom. The Kier molecular flexibility index (Phi) is 4.09. The molecule has 0 unspecified atom stereocenters. The van der Waals surface area contributed by atoms with Gasteiger partial charge in [-0.05, 0) is 20.8 Å². The molecule has 2 heterocycles. The molecule has 0 spiro atoms. The number of nitrogens with zero attached hydrogens (tertiary/aromatic N) is 4. The van der Waals surface area contributed by atoms with E-state index in [0.29, 0.717) is 24.0 Å². The Labute approximate surface area is 114 Å². The van der Waals surface area contributed by atoms with Gasteiger partial charge in [0.2, 0.25) is 0 Å². The number of nitrogens with two attached hydrogens (primary N) is 1. The van der Waals surface area contributed by atoms with Gasteiger partial charge in [-0.3, -0.25) is 14.4 Å². The summed E-state index contributed by atoms with van der Waals surface area (Å²) in [6, 6.07) is 0.531. The van der Waals surface area contributed by atoms with Crippen LogP contribution >= 0.6 is 0 Å². The van der Waals surface area contributed by atoms with Crippen LogP contribution in [0.1, 0.15) is 31.3 Å². The zero-order valence-electron chi connectivity index (χ0n) is 12.0. The summed E-state index contributed by atoms with van der Waals surface area (Å²) >= 11 is 0. The number of rotatable bonds is 3. The Morgan fingerprint density at radius 2 is 2.00 bits per heavy atom. The van der Waals surface area contributed by atoms with E-state index in [1.165, 1.54) is 0 Å². The van der Waals surface area contributed by atoms with Crippen LogP contribution in [0.5, 0.6) is 0 Å². The second-order valence-electron chi connectivity index (χ2n) is 5.19. The minimum Gasteiger partial charge on any atom is -0.396 e. The molecule has 0 radical (unpaired) electrons. The summed E-state index contributed by atoms with van der Waals surface area (Å²) in [5.74, 6) is 0.000237. The lowest BCUT2D eigenvalue weighted by atomic mass is 10.2. The average Bonchev–Trinajstić information content (AvgIpc) is 2.79. The van der Waals surface area contributed by atoms with E-state index < -0.39 is 0 Å². The standard InChI is InChI=1S/C13H23N5O/c1-4-18-12(11(14)9-15-18)13(19)17-7-5-16(6-8-17)10(2)3/h9-10H,4-8,14H2,1-3H3. The number of carbonyl (C=O) groups is 1. The molecule has 0 aliphatic carbocycles. The van der Waals surface area contributed by atoms with Crippen molar-refractivity contribution in [2.45, 2.75) is 33.4 Å². The molecule has 1 aromatic rings. The van der Waals surface area contributed by atoms with E-state index in [4.69, 9.17) is 5.73 Å². The highest BCUT2D eigenvalue weighted by Crippen LogP contribution is 2.16. The van der Waals surface area contributed by atoms with Crippen molar-refractivity contribution < 1.29 is 4.79 Å². The molecule has 0 saturated carbocycles. The van der Waals surface area contributed by atoms with Crippen LogP contribution in [-0.2, 0) is 6.54 Å². The van der Waals surface area contributed by atoms with Crippen molar-refractivity contribution in [3.8, 4) is 0 Å². The number of nitrogen functional groups attached to an aromatic ring is 1. The number of aryl methyl sites for hydroxylation is 1. The third kappa shape index (κ3) is 2.73. The number of aromatic nitrogens is 2. The zero-order chi connectivity index (χ0) is 14.0. The van der Waals surface area contributed by atoms with Gasteiger partial charge in [0.1, 0.15) is 5.69 Å². The fraction of sp³-hybridized carbons (Fsp3) is 0.692. The third-order valence-corrected chi connectivity index (χ3v) is 3.70. The molecular formula is C13H23N5O. The van der Waals surface area contributed by atoms with E-state index in [0.717, 1.165) is 26.2 Å². The Bertz CT molecular complexity index is 446. The highest BCUT2D eigenvalue weighted by molar-refractivity contribution is 5.97. The van der Waals surface area contributed by atoms with Crippen LogP contribution in [-0.4, -0.2) is 57.7 Å². The molecule has 1 fully saturated rings. The quantitative estimate of drug-likeness (QED) is 0.871. The summed E-state index contributed by atoms with van der Waals surface area (Å²) < 4.78 is 1.67. The van der Waals surface area contributed by atoms with Gasteiger partial charge >= 0.3 is 0 Å². The molecule has 2 rings (SSSR count). The molecule has 6 nitrogen and oxygen atoms in total. The predicted octanol–water partition coefficient (Wildman–Crippen LogP) is 0.651. The first-order chi connectivity index (χ1) is 9.04. The van der Waals surface area contributed by atoms with Crippen LogP contribution in [0, 0.1) is 0 Å². The topological polar surface area (TPSA) is 67.4 Å². The van der Waals surface area contributed by atoms with Gasteiger partial charge in [0.15, 0.2) is 0 Å². The fourth-order valence-electron chi connectivity index (χ4n) is 2.46. The first-order valence-corrected chi connectivity index (χ1v) is 6.89. The summed E-state index contributed by atoms with van der Waals surface area (Å²) in [5.41, 5.74) is 6.86. The van der Waals surface area contributed by atoms with E-state index in [9.17, 15) is 4.79 Å². The van der Waals surface area contributed by atoms with Crippen molar-refractivity contribution in [1.29, 1.82) is 0 Å². The van der Waals surface area contributed by atoms with Crippen molar-refractivity contribution in [1.82, 2.24) is 19.6 Å². The molecule has 0 atom stereocenters. The number of hydrogen-bond donors (Lipinski definition) is 1. The van der Waals surface area contributed by atoms with Crippen LogP contribution in [0.2, 0.25) is 0 Å². The molecule has 0 aromatic carbocycles. The zero-order valence-corrected chi connectivity index (χ0v) is 12.0. The van der Waals surface area contributed by atoms with E-state index in [2.05, 4.69) is 23.8 Å². The molecule has 0 bridgehead atoms. The maximum Gasteiger partial charge on any atom is 0.274 e. The average molecular weight is 265 g/mol. The molecular weight excluding hydrogens is 242 g/mol. The lowest BCUT2D eigenvalue weighted by Crippen LogP contribution is -2.51. The first-order valence-electron chi connectivity index (χ1n) is 6.89. The van der Waals surface area contributed by atoms with Gasteiger partial charge in [0.25, 0.3) is 5.91 Å². The van der Waals surface area contributed by atoms with E-state index in [-0.39, 0.29) is 5.91 Å². The van der Waals surface area contributed by atoms with Crippen LogP contribution in [0.15, 0.2) is 6.20 Å². The van der Waals surface area contributed by atoms with Crippen LogP contribution in [0.4, 0.5) is 5.69 Å². The lowest BCUT2D eigenvalue weighted by Gasteiger charge is -2.36. The highest BCUT2D eigenvalue weighted by atomic mass is 16.2. The molecule has 6 heteroatoms. The number of anilines is 1. The van der Waals surface area contributed by atoms with Crippen LogP contribution < -0.4 is 5.73 Å². The summed E-state index contributed by atoms with van der Waals surface area (Å²) in [7, 11) is 0. The second kappa shape index (κ2) is 5.61. The minimum absolute atomic E-state index is 0.000237. The Hall–Kier alpha value is -1.56. The molecule has 1 aliphatic heterocycles. The number of piperazine rings is 1. The van der Waals surface area contributed by atoms with Gasteiger partial charge in [0.05, 0.1) is 11.9 Å². The number of amides is 1. The van der Waals surface area contributed by atoms with E-state index >= 15 is 0 Å². The van der Waals surface area contributed by atoms with E-state index in [1.54, 1.807) is 10.9 Å². The van der Waals surface area contributed by atoms with Gasteiger partial charge < -0.3 is 10.6 Å². The minimum atomic E-state index is 0.000237. The Balaban J connectivity index is 2.07. The highest BCUT2D eigenvalue weighted by Gasteiger charge is 2.26. The van der Waals surface area contributed by atoms with Crippen LogP contribution in [0.3, 0.4) is 0 Å². The molecule has 1 aliphatic rings. The van der Waals surface area contributed by atoms with Gasteiger partial charge in [-0.1, -0.05) is 0 Å². The molecule has 106 valence electrons. The van der Waals surface area contributed by atoms with Crippen molar-refractivity contribution in [3.63, 3.8) is 0 Å². The number of carbonyl (C=O) groups excluding carboxylic acids is 1. The summed E-state index contributed by atoms with van der Waals surface area (Å²) in [6.45, 7) is 10.3. The maximum absolute atomic E-state index is 12.5. The van der Waals surface area contributed by atoms with Crippen LogP contribution in [0.25, 0.3) is 0 Å². The fourth-order valence-corrected chi connectivity index (χ4v) is 2.46. The van der Waals surface area contributed by atoms with Crippen molar-refractivity contribution in [2.75, 3.05) is 31.9 Å². The molecule has 1 saturated heterocycles. The van der Waals surface area contributed by atoms with Gasteiger partial charge in [-0.25, -0.2) is 0 Å². The molecule has 1 aromatic heterocycles.